The van der Waals surface area contributed by atoms with E-state index in [0.717, 1.165) is 44.3 Å². The Bertz CT molecular complexity index is 784. The molecule has 3 aliphatic heterocycles. The molecule has 162 valence electrons. The topological polar surface area (TPSA) is 73.0 Å². The van der Waals surface area contributed by atoms with Crippen LogP contribution in [0.25, 0.3) is 0 Å². The maximum atomic E-state index is 13.0. The minimum absolute atomic E-state index is 0.0563. The van der Waals surface area contributed by atoms with Gasteiger partial charge in [-0.3, -0.25) is 19.3 Å². The van der Waals surface area contributed by atoms with Crippen molar-refractivity contribution in [2.24, 2.45) is 0 Å². The zero-order chi connectivity index (χ0) is 21.1. The predicted octanol–water partition coefficient (Wildman–Crippen LogP) is 1.49. The van der Waals surface area contributed by atoms with Crippen molar-refractivity contribution in [3.05, 3.63) is 35.9 Å². The average molecular weight is 413 g/mol. The van der Waals surface area contributed by atoms with Crippen molar-refractivity contribution in [2.75, 3.05) is 32.7 Å². The molecular formula is C23H32N4O3. The molecule has 0 saturated carbocycles. The maximum absolute atomic E-state index is 13.0. The minimum Gasteiger partial charge on any atom is -0.353 e. The van der Waals surface area contributed by atoms with Crippen LogP contribution in [-0.4, -0.2) is 83.3 Å². The zero-order valence-electron chi connectivity index (χ0n) is 17.8. The lowest BCUT2D eigenvalue weighted by Gasteiger charge is -2.40. The number of carbonyl (C=O) groups excluding carboxylic acids is 3. The van der Waals surface area contributed by atoms with Crippen LogP contribution in [0.1, 0.15) is 49.4 Å². The molecule has 1 N–H and O–H groups in total. The molecule has 30 heavy (non-hydrogen) atoms. The summed E-state index contributed by atoms with van der Waals surface area (Å²) >= 11 is 0. The molecule has 3 heterocycles. The number of amides is 3. The third kappa shape index (κ3) is 4.21. The summed E-state index contributed by atoms with van der Waals surface area (Å²) in [6, 6.07) is 9.45. The second kappa shape index (κ2) is 9.16. The van der Waals surface area contributed by atoms with Crippen LogP contribution in [-0.2, 0) is 9.59 Å². The summed E-state index contributed by atoms with van der Waals surface area (Å²) in [7, 11) is 0. The van der Waals surface area contributed by atoms with Crippen molar-refractivity contribution >= 4 is 17.7 Å². The third-order valence-corrected chi connectivity index (χ3v) is 6.69. The van der Waals surface area contributed by atoms with Gasteiger partial charge in [0.25, 0.3) is 5.91 Å². The summed E-state index contributed by atoms with van der Waals surface area (Å²) in [6.45, 7) is 5.61. The van der Waals surface area contributed by atoms with Crippen LogP contribution in [0, 0.1) is 0 Å². The number of fused-ring (bicyclic) bond motifs is 2. The lowest BCUT2D eigenvalue weighted by atomic mass is 10.1. The zero-order valence-corrected chi connectivity index (χ0v) is 17.8. The minimum atomic E-state index is -0.346. The van der Waals surface area contributed by atoms with Gasteiger partial charge in [-0.1, -0.05) is 25.1 Å². The Hall–Kier alpha value is -2.41. The van der Waals surface area contributed by atoms with Crippen molar-refractivity contribution in [2.45, 2.75) is 57.2 Å². The number of nitrogens with zero attached hydrogens (tertiary/aromatic N) is 3. The third-order valence-electron chi connectivity index (χ3n) is 6.69. The van der Waals surface area contributed by atoms with E-state index < -0.39 is 0 Å². The molecule has 1 aromatic rings. The van der Waals surface area contributed by atoms with Crippen molar-refractivity contribution in [3.8, 4) is 0 Å². The van der Waals surface area contributed by atoms with Gasteiger partial charge in [-0.25, -0.2) is 0 Å². The van der Waals surface area contributed by atoms with E-state index in [2.05, 4.69) is 10.2 Å². The first-order chi connectivity index (χ1) is 14.6. The van der Waals surface area contributed by atoms with E-state index in [1.165, 1.54) is 0 Å². The highest BCUT2D eigenvalue weighted by atomic mass is 16.2. The lowest BCUT2D eigenvalue weighted by Crippen LogP contribution is -2.58. The van der Waals surface area contributed by atoms with E-state index in [4.69, 9.17) is 0 Å². The molecule has 0 radical (unpaired) electrons. The van der Waals surface area contributed by atoms with Gasteiger partial charge in [-0.15, -0.1) is 0 Å². The first-order valence-electron chi connectivity index (χ1n) is 11.3. The highest BCUT2D eigenvalue weighted by Crippen LogP contribution is 2.26. The molecular weight excluding hydrogens is 380 g/mol. The quantitative estimate of drug-likeness (QED) is 0.769. The van der Waals surface area contributed by atoms with E-state index >= 15 is 0 Å². The SMILES string of the molecule is CCCC(=O)N1CCC[C@H]1C(=O)NC[C@H]1CN(C(=O)c2ccccc2)[C@H]2CCN1C2. The summed E-state index contributed by atoms with van der Waals surface area (Å²) in [5, 5.41) is 3.09. The summed E-state index contributed by atoms with van der Waals surface area (Å²) in [5.41, 5.74) is 0.719. The molecule has 4 atom stereocenters. The van der Waals surface area contributed by atoms with Gasteiger partial charge in [0, 0.05) is 56.8 Å². The highest BCUT2D eigenvalue weighted by molar-refractivity contribution is 5.94. The number of nitrogens with one attached hydrogen (secondary N) is 1. The molecule has 7 heteroatoms. The highest BCUT2D eigenvalue weighted by Gasteiger charge is 2.41. The predicted molar refractivity (Wildman–Crippen MR) is 114 cm³/mol. The molecule has 3 aliphatic rings. The fourth-order valence-corrected chi connectivity index (χ4v) is 5.07. The molecule has 0 aromatic heterocycles. The number of likely N-dealkylation sites (tertiary alicyclic amines) is 1. The van der Waals surface area contributed by atoms with Gasteiger partial charge in [0.15, 0.2) is 0 Å². The first kappa shape index (κ1) is 20.8. The molecule has 1 aromatic carbocycles. The van der Waals surface area contributed by atoms with Gasteiger partial charge in [-0.2, -0.15) is 0 Å². The maximum Gasteiger partial charge on any atom is 0.254 e. The van der Waals surface area contributed by atoms with Gasteiger partial charge in [0.1, 0.15) is 6.04 Å². The van der Waals surface area contributed by atoms with Gasteiger partial charge in [-0.05, 0) is 37.8 Å². The van der Waals surface area contributed by atoms with Gasteiger partial charge >= 0.3 is 0 Å². The molecule has 3 amide bonds. The summed E-state index contributed by atoms with van der Waals surface area (Å²) in [4.78, 5) is 44.3. The average Bonchev–Trinajstić information content (AvgIpc) is 3.42. The van der Waals surface area contributed by atoms with E-state index in [9.17, 15) is 14.4 Å². The smallest absolute Gasteiger partial charge is 0.254 e. The monoisotopic (exact) mass is 412 g/mol. The van der Waals surface area contributed by atoms with Crippen molar-refractivity contribution in [3.63, 3.8) is 0 Å². The largest absolute Gasteiger partial charge is 0.353 e. The molecule has 1 unspecified atom stereocenters. The van der Waals surface area contributed by atoms with Crippen LogP contribution in [0.3, 0.4) is 0 Å². The Balaban J connectivity index is 1.37. The molecule has 0 spiro atoms. The van der Waals surface area contributed by atoms with E-state index in [1.807, 2.05) is 42.2 Å². The van der Waals surface area contributed by atoms with Crippen molar-refractivity contribution in [1.82, 2.24) is 20.0 Å². The lowest BCUT2D eigenvalue weighted by molar-refractivity contribution is -0.138. The van der Waals surface area contributed by atoms with Crippen LogP contribution >= 0.6 is 0 Å². The Morgan fingerprint density at radius 2 is 1.83 bits per heavy atom. The fraction of sp³-hybridized carbons (Fsp3) is 0.609. The van der Waals surface area contributed by atoms with E-state index in [0.29, 0.717) is 26.1 Å². The molecule has 3 fully saturated rings. The number of piperazine rings is 1. The standard InChI is InChI=1S/C23H32N4O3/c1-2-7-21(28)26-12-6-10-20(26)22(29)24-14-19-16-27(18-11-13-25(19)15-18)23(30)17-8-4-3-5-9-17/h3-5,8-9,18-20H,2,6-7,10-16H2,1H3,(H,24,29)/t18-,19-,20-/m0/s1. The fourth-order valence-electron chi connectivity index (χ4n) is 5.07. The molecule has 3 saturated heterocycles. The van der Waals surface area contributed by atoms with Gasteiger partial charge in [0.05, 0.1) is 0 Å². The number of carbonyl (C=O) groups is 3. The normalized spacial score (nSPS) is 27.9. The second-order valence-electron chi connectivity index (χ2n) is 8.66. The Kier molecular flexibility index (Phi) is 6.37. The second-order valence-corrected chi connectivity index (χ2v) is 8.66. The molecule has 2 bridgehead atoms. The van der Waals surface area contributed by atoms with Crippen LogP contribution in [0.2, 0.25) is 0 Å². The Morgan fingerprint density at radius 3 is 2.60 bits per heavy atom. The van der Waals surface area contributed by atoms with E-state index in [1.54, 1.807) is 4.90 Å². The number of benzene rings is 1. The number of rotatable bonds is 6. The van der Waals surface area contributed by atoms with Crippen LogP contribution in [0.15, 0.2) is 30.3 Å². The Labute approximate surface area is 178 Å². The Morgan fingerprint density at radius 1 is 1.03 bits per heavy atom. The van der Waals surface area contributed by atoms with Gasteiger partial charge < -0.3 is 15.1 Å². The van der Waals surface area contributed by atoms with E-state index in [-0.39, 0.29) is 35.8 Å². The van der Waals surface area contributed by atoms with Crippen LogP contribution in [0.4, 0.5) is 0 Å². The van der Waals surface area contributed by atoms with Crippen molar-refractivity contribution in [1.29, 1.82) is 0 Å². The van der Waals surface area contributed by atoms with Crippen LogP contribution in [0.5, 0.6) is 0 Å². The molecule has 0 aliphatic carbocycles. The molecule has 4 rings (SSSR count). The summed E-state index contributed by atoms with van der Waals surface area (Å²) < 4.78 is 0. The number of hydrogen-bond donors (Lipinski definition) is 1. The molecule has 7 nitrogen and oxygen atoms in total. The number of hydrogen-bond acceptors (Lipinski definition) is 4. The first-order valence-corrected chi connectivity index (χ1v) is 11.3. The summed E-state index contributed by atoms with van der Waals surface area (Å²) in [6.07, 6.45) is 3.89. The van der Waals surface area contributed by atoms with Crippen LogP contribution < -0.4 is 5.32 Å². The van der Waals surface area contributed by atoms with Gasteiger partial charge in [0.2, 0.25) is 11.8 Å². The van der Waals surface area contributed by atoms with Crippen molar-refractivity contribution < 1.29 is 14.4 Å². The summed E-state index contributed by atoms with van der Waals surface area (Å²) in [5.74, 6) is 0.0969.